The molecule has 7 heteroatoms. The van der Waals surface area contributed by atoms with Crippen molar-refractivity contribution >= 4 is 16.8 Å². The molecule has 0 aliphatic carbocycles. The van der Waals surface area contributed by atoms with Crippen LogP contribution >= 0.6 is 0 Å². The highest BCUT2D eigenvalue weighted by Crippen LogP contribution is 2.20. The Morgan fingerprint density at radius 3 is 2.64 bits per heavy atom. The number of aromatic nitrogens is 4. The van der Waals surface area contributed by atoms with Gasteiger partial charge < -0.3 is 10.1 Å². The van der Waals surface area contributed by atoms with E-state index >= 15 is 0 Å². The first-order valence-electron chi connectivity index (χ1n) is 8.84. The van der Waals surface area contributed by atoms with Crippen LogP contribution in [-0.2, 0) is 0 Å². The van der Waals surface area contributed by atoms with Crippen LogP contribution in [0.15, 0.2) is 67.3 Å². The van der Waals surface area contributed by atoms with E-state index in [-0.39, 0.29) is 11.9 Å². The fraction of sp³-hybridized carbons (Fsp3) is 0.143. The lowest BCUT2D eigenvalue weighted by atomic mass is 10.1. The second-order valence-corrected chi connectivity index (χ2v) is 6.38. The molecule has 0 aliphatic rings. The molecule has 1 unspecified atom stereocenters. The van der Waals surface area contributed by atoms with Gasteiger partial charge in [-0.2, -0.15) is 5.10 Å². The number of pyridine rings is 1. The van der Waals surface area contributed by atoms with Crippen molar-refractivity contribution in [2.24, 2.45) is 0 Å². The van der Waals surface area contributed by atoms with Crippen molar-refractivity contribution in [1.29, 1.82) is 0 Å². The summed E-state index contributed by atoms with van der Waals surface area (Å²) in [5.74, 6) is 0.542. The molecule has 28 heavy (non-hydrogen) atoms. The third kappa shape index (κ3) is 3.55. The Hall–Kier alpha value is -3.74. The van der Waals surface area contributed by atoms with Crippen molar-refractivity contribution in [3.05, 3.63) is 78.5 Å². The van der Waals surface area contributed by atoms with E-state index < -0.39 is 0 Å². The van der Waals surface area contributed by atoms with Crippen LogP contribution in [0.2, 0.25) is 0 Å². The van der Waals surface area contributed by atoms with Gasteiger partial charge in [-0.05, 0) is 48.9 Å². The van der Waals surface area contributed by atoms with Gasteiger partial charge in [0.25, 0.3) is 5.91 Å². The normalized spacial score (nSPS) is 11.9. The van der Waals surface area contributed by atoms with Gasteiger partial charge in [0.2, 0.25) is 0 Å². The number of hydrogen-bond donors (Lipinski definition) is 1. The molecule has 4 rings (SSSR count). The highest BCUT2D eigenvalue weighted by atomic mass is 16.5. The first-order chi connectivity index (χ1) is 13.6. The SMILES string of the molecule is COc1ccc2nc(C(=O)NC(C)c3ccc(-n4cncn4)cc3)ccc2c1. The summed E-state index contributed by atoms with van der Waals surface area (Å²) in [7, 11) is 1.62. The average Bonchev–Trinajstić information content (AvgIpc) is 3.28. The second kappa shape index (κ2) is 7.48. The quantitative estimate of drug-likeness (QED) is 0.580. The number of nitrogens with zero attached hydrogens (tertiary/aromatic N) is 4. The zero-order valence-electron chi connectivity index (χ0n) is 15.5. The third-order valence-electron chi connectivity index (χ3n) is 4.55. The molecule has 2 aromatic carbocycles. The molecule has 0 bridgehead atoms. The zero-order chi connectivity index (χ0) is 19.5. The minimum Gasteiger partial charge on any atom is -0.497 e. The minimum atomic E-state index is -0.217. The monoisotopic (exact) mass is 373 g/mol. The Labute approximate surface area is 162 Å². The van der Waals surface area contributed by atoms with Gasteiger partial charge in [-0.1, -0.05) is 18.2 Å². The molecular weight excluding hydrogens is 354 g/mol. The second-order valence-electron chi connectivity index (χ2n) is 6.38. The third-order valence-corrected chi connectivity index (χ3v) is 4.55. The van der Waals surface area contributed by atoms with Crippen LogP contribution in [0.1, 0.15) is 29.0 Å². The molecule has 0 aliphatic heterocycles. The lowest BCUT2D eigenvalue weighted by Crippen LogP contribution is -2.27. The molecular formula is C21H19N5O2. The molecule has 1 atom stereocenters. The molecule has 0 saturated heterocycles. The average molecular weight is 373 g/mol. The molecule has 1 amide bonds. The number of fused-ring (bicyclic) bond motifs is 1. The number of nitrogens with one attached hydrogen (secondary N) is 1. The van der Waals surface area contributed by atoms with Crippen LogP contribution in [0, 0.1) is 0 Å². The fourth-order valence-electron chi connectivity index (χ4n) is 2.97. The Bertz CT molecular complexity index is 1110. The smallest absolute Gasteiger partial charge is 0.270 e. The predicted molar refractivity (Wildman–Crippen MR) is 106 cm³/mol. The van der Waals surface area contributed by atoms with Crippen LogP contribution in [-0.4, -0.2) is 32.8 Å². The summed E-state index contributed by atoms with van der Waals surface area (Å²) in [6.45, 7) is 1.94. The fourth-order valence-corrected chi connectivity index (χ4v) is 2.97. The summed E-state index contributed by atoms with van der Waals surface area (Å²) in [4.78, 5) is 21.0. The van der Waals surface area contributed by atoms with Gasteiger partial charge in [0, 0.05) is 5.39 Å². The zero-order valence-corrected chi connectivity index (χ0v) is 15.5. The summed E-state index contributed by atoms with van der Waals surface area (Å²) in [5.41, 5.74) is 3.02. The summed E-state index contributed by atoms with van der Waals surface area (Å²) >= 11 is 0. The van der Waals surface area contributed by atoms with Crippen molar-refractivity contribution < 1.29 is 9.53 Å². The van der Waals surface area contributed by atoms with Gasteiger partial charge in [-0.25, -0.2) is 14.6 Å². The Morgan fingerprint density at radius 2 is 1.93 bits per heavy atom. The number of amides is 1. The summed E-state index contributed by atoms with van der Waals surface area (Å²) in [5, 5.41) is 8.02. The number of hydrogen-bond acceptors (Lipinski definition) is 5. The molecule has 0 radical (unpaired) electrons. The number of ether oxygens (including phenoxy) is 1. The van der Waals surface area contributed by atoms with Gasteiger partial charge in [-0.15, -0.1) is 0 Å². The van der Waals surface area contributed by atoms with E-state index in [1.54, 1.807) is 24.2 Å². The largest absolute Gasteiger partial charge is 0.497 e. The number of carbonyl (C=O) groups excluding carboxylic acids is 1. The maximum Gasteiger partial charge on any atom is 0.270 e. The van der Waals surface area contributed by atoms with E-state index in [1.807, 2.05) is 55.5 Å². The van der Waals surface area contributed by atoms with Gasteiger partial charge in [-0.3, -0.25) is 4.79 Å². The highest BCUT2D eigenvalue weighted by molar-refractivity contribution is 5.95. The predicted octanol–water partition coefficient (Wildman–Crippen LogP) is 3.32. The van der Waals surface area contributed by atoms with Gasteiger partial charge in [0.15, 0.2) is 0 Å². The number of carbonyl (C=O) groups is 1. The van der Waals surface area contributed by atoms with Crippen LogP contribution in [0.4, 0.5) is 0 Å². The van der Waals surface area contributed by atoms with E-state index in [4.69, 9.17) is 4.74 Å². The standard InChI is InChI=1S/C21H19N5O2/c1-14(15-3-6-17(7-4-15)26-13-22-12-23-26)24-21(27)20-9-5-16-11-18(28-2)8-10-19(16)25-20/h3-14H,1-2H3,(H,24,27). The molecule has 1 N–H and O–H groups in total. The minimum absolute atomic E-state index is 0.161. The van der Waals surface area contributed by atoms with Gasteiger partial charge >= 0.3 is 0 Å². The molecule has 7 nitrogen and oxygen atoms in total. The lowest BCUT2D eigenvalue weighted by Gasteiger charge is -2.15. The van der Waals surface area contributed by atoms with Crippen molar-refractivity contribution in [1.82, 2.24) is 25.1 Å². The van der Waals surface area contributed by atoms with Crippen LogP contribution in [0.25, 0.3) is 16.6 Å². The van der Waals surface area contributed by atoms with E-state index in [9.17, 15) is 4.79 Å². The number of methoxy groups -OCH3 is 1. The topological polar surface area (TPSA) is 81.9 Å². The molecule has 0 spiro atoms. The van der Waals surface area contributed by atoms with Crippen LogP contribution in [0.5, 0.6) is 5.75 Å². The lowest BCUT2D eigenvalue weighted by molar-refractivity contribution is 0.0935. The first-order valence-corrected chi connectivity index (χ1v) is 8.84. The highest BCUT2D eigenvalue weighted by Gasteiger charge is 2.13. The van der Waals surface area contributed by atoms with E-state index in [0.717, 1.165) is 27.9 Å². The van der Waals surface area contributed by atoms with Crippen LogP contribution in [0.3, 0.4) is 0 Å². The Morgan fingerprint density at radius 1 is 1.11 bits per heavy atom. The first kappa shape index (κ1) is 17.7. The van der Waals surface area contributed by atoms with Crippen molar-refractivity contribution in [2.75, 3.05) is 7.11 Å². The maximum atomic E-state index is 12.6. The van der Waals surface area contributed by atoms with Gasteiger partial charge in [0.1, 0.15) is 24.1 Å². The van der Waals surface area contributed by atoms with Gasteiger partial charge in [0.05, 0.1) is 24.4 Å². The van der Waals surface area contributed by atoms with Crippen molar-refractivity contribution in [3.8, 4) is 11.4 Å². The summed E-state index contributed by atoms with van der Waals surface area (Å²) in [6, 6.07) is 16.8. The molecule has 140 valence electrons. The molecule has 2 heterocycles. The molecule has 4 aromatic rings. The van der Waals surface area contributed by atoms with E-state index in [0.29, 0.717) is 5.69 Å². The van der Waals surface area contributed by atoms with Crippen LogP contribution < -0.4 is 10.1 Å². The number of rotatable bonds is 5. The maximum absolute atomic E-state index is 12.6. The van der Waals surface area contributed by atoms with E-state index in [2.05, 4.69) is 20.4 Å². The van der Waals surface area contributed by atoms with Crippen molar-refractivity contribution in [3.63, 3.8) is 0 Å². The van der Waals surface area contributed by atoms with E-state index in [1.165, 1.54) is 6.33 Å². The Balaban J connectivity index is 1.48. The molecule has 0 fully saturated rings. The summed E-state index contributed by atoms with van der Waals surface area (Å²) in [6.07, 6.45) is 3.13. The Kier molecular flexibility index (Phi) is 4.72. The molecule has 0 saturated carbocycles. The van der Waals surface area contributed by atoms with Crippen molar-refractivity contribution in [2.45, 2.75) is 13.0 Å². The summed E-state index contributed by atoms with van der Waals surface area (Å²) < 4.78 is 6.90. The number of benzene rings is 2. The molecule has 2 aromatic heterocycles.